The maximum Gasteiger partial charge on any atom is 0.0790 e. The van der Waals surface area contributed by atoms with E-state index in [1.165, 1.54) is 5.56 Å². The van der Waals surface area contributed by atoms with Gasteiger partial charge in [-0.3, -0.25) is 0 Å². The maximum absolute atomic E-state index is 5.86. The molecule has 0 aliphatic heterocycles. The van der Waals surface area contributed by atoms with Crippen molar-refractivity contribution in [1.29, 1.82) is 0 Å². The lowest BCUT2D eigenvalue weighted by Crippen LogP contribution is -2.14. The molecule has 0 fully saturated rings. The minimum absolute atomic E-state index is 0.639. The number of hydrogen-bond acceptors (Lipinski definition) is 2. The molecule has 2 rings (SSSR count). The molecule has 3 nitrogen and oxygen atoms in total. The van der Waals surface area contributed by atoms with Crippen molar-refractivity contribution in [3.8, 4) is 5.69 Å². The van der Waals surface area contributed by atoms with Crippen molar-refractivity contribution in [2.45, 2.75) is 19.9 Å². The van der Waals surface area contributed by atoms with Crippen LogP contribution >= 0.6 is 27.5 Å². The summed E-state index contributed by atoms with van der Waals surface area (Å²) >= 11 is 9.45. The molecule has 0 radical (unpaired) electrons. The Hall–Kier alpha value is -0.840. The summed E-state index contributed by atoms with van der Waals surface area (Å²) in [6.07, 6.45) is 4.56. The molecule has 1 N–H and O–H groups in total. The van der Waals surface area contributed by atoms with Crippen LogP contribution in [0.3, 0.4) is 0 Å². The van der Waals surface area contributed by atoms with Crippen molar-refractivity contribution in [2.75, 3.05) is 6.54 Å². The van der Waals surface area contributed by atoms with E-state index >= 15 is 0 Å². The molecule has 1 aromatic heterocycles. The number of nitrogens with zero attached hydrogens (tertiary/aromatic N) is 2. The quantitative estimate of drug-likeness (QED) is 0.846. The van der Waals surface area contributed by atoms with Crippen LogP contribution in [0, 0.1) is 0 Å². The molecule has 5 heteroatoms. The third-order valence-corrected chi connectivity index (χ3v) is 3.53. The van der Waals surface area contributed by atoms with Gasteiger partial charge in [-0.15, -0.1) is 0 Å². The first-order valence-electron chi connectivity index (χ1n) is 5.90. The zero-order valence-corrected chi connectivity index (χ0v) is 12.5. The number of nitrogens with one attached hydrogen (secondary N) is 1. The van der Waals surface area contributed by atoms with Gasteiger partial charge in [0.25, 0.3) is 0 Å². The van der Waals surface area contributed by atoms with E-state index in [4.69, 9.17) is 11.6 Å². The minimum atomic E-state index is 0.639. The first kappa shape index (κ1) is 13.6. The molecule has 0 spiro atoms. The topological polar surface area (TPSA) is 29.9 Å². The van der Waals surface area contributed by atoms with Crippen molar-refractivity contribution in [2.24, 2.45) is 0 Å². The lowest BCUT2D eigenvalue weighted by atomic mass is 10.2. The van der Waals surface area contributed by atoms with Crippen molar-refractivity contribution >= 4 is 27.5 Å². The molecule has 0 amide bonds. The molecule has 1 aromatic carbocycles. The van der Waals surface area contributed by atoms with Crippen LogP contribution in [0.4, 0.5) is 0 Å². The minimum Gasteiger partial charge on any atom is -0.313 e. The van der Waals surface area contributed by atoms with Crippen molar-refractivity contribution in [3.05, 3.63) is 45.7 Å². The Morgan fingerprint density at radius 3 is 2.89 bits per heavy atom. The van der Waals surface area contributed by atoms with Gasteiger partial charge in [-0.1, -0.05) is 40.5 Å². The molecule has 18 heavy (non-hydrogen) atoms. The van der Waals surface area contributed by atoms with E-state index < -0.39 is 0 Å². The summed E-state index contributed by atoms with van der Waals surface area (Å²) in [7, 11) is 0. The van der Waals surface area contributed by atoms with Gasteiger partial charge in [0.1, 0.15) is 0 Å². The van der Waals surface area contributed by atoms with E-state index in [-0.39, 0.29) is 0 Å². The van der Waals surface area contributed by atoms with Gasteiger partial charge in [0, 0.05) is 17.2 Å². The Labute approximate surface area is 120 Å². The predicted molar refractivity (Wildman–Crippen MR) is 78.3 cm³/mol. The van der Waals surface area contributed by atoms with Crippen LogP contribution in [-0.4, -0.2) is 16.3 Å². The van der Waals surface area contributed by atoms with Crippen LogP contribution in [0.25, 0.3) is 5.69 Å². The molecule has 0 aliphatic rings. The first-order chi connectivity index (χ1) is 8.70. The third-order valence-electron chi connectivity index (χ3n) is 2.59. The number of benzene rings is 1. The largest absolute Gasteiger partial charge is 0.313 e. The molecule has 0 unspecified atom stereocenters. The number of halogens is 2. The molecular weight excluding hydrogens is 314 g/mol. The predicted octanol–water partition coefficient (Wildman–Crippen LogP) is 3.79. The lowest BCUT2D eigenvalue weighted by molar-refractivity contribution is 0.673. The monoisotopic (exact) mass is 327 g/mol. The molecule has 0 atom stereocenters. The Kier molecular flexibility index (Phi) is 4.80. The highest BCUT2D eigenvalue weighted by atomic mass is 79.9. The van der Waals surface area contributed by atoms with E-state index in [0.29, 0.717) is 5.02 Å². The van der Waals surface area contributed by atoms with E-state index in [0.717, 1.165) is 29.7 Å². The van der Waals surface area contributed by atoms with Gasteiger partial charge in [0.05, 0.1) is 16.9 Å². The number of aromatic nitrogens is 2. The highest BCUT2D eigenvalue weighted by Gasteiger charge is 2.04. The van der Waals surface area contributed by atoms with Crippen LogP contribution in [-0.2, 0) is 6.54 Å². The van der Waals surface area contributed by atoms with E-state index in [1.807, 2.05) is 12.1 Å². The summed E-state index contributed by atoms with van der Waals surface area (Å²) in [6.45, 7) is 4.06. The molecule has 96 valence electrons. The van der Waals surface area contributed by atoms with E-state index in [2.05, 4.69) is 39.3 Å². The SMILES string of the molecule is CCCNCc1ccc(-n2cc(Cl)cn2)cc1Br. The Bertz CT molecular complexity index is 525. The normalized spacial score (nSPS) is 10.8. The average molecular weight is 329 g/mol. The molecule has 2 aromatic rings. The molecule has 1 heterocycles. The summed E-state index contributed by atoms with van der Waals surface area (Å²) in [6, 6.07) is 6.18. The third kappa shape index (κ3) is 3.34. The second kappa shape index (κ2) is 6.36. The van der Waals surface area contributed by atoms with Gasteiger partial charge < -0.3 is 5.32 Å². The van der Waals surface area contributed by atoms with Gasteiger partial charge in [-0.2, -0.15) is 5.10 Å². The molecule has 0 saturated heterocycles. The summed E-state index contributed by atoms with van der Waals surface area (Å²) in [5.74, 6) is 0. The van der Waals surface area contributed by atoms with Crippen LogP contribution in [0.5, 0.6) is 0 Å². The first-order valence-corrected chi connectivity index (χ1v) is 7.07. The fraction of sp³-hybridized carbons (Fsp3) is 0.308. The average Bonchev–Trinajstić information content (AvgIpc) is 2.78. The highest BCUT2D eigenvalue weighted by Crippen LogP contribution is 2.21. The highest BCUT2D eigenvalue weighted by molar-refractivity contribution is 9.10. The molecule has 0 aliphatic carbocycles. The van der Waals surface area contributed by atoms with Gasteiger partial charge in [0.2, 0.25) is 0 Å². The zero-order valence-electron chi connectivity index (χ0n) is 10.2. The fourth-order valence-corrected chi connectivity index (χ4v) is 2.31. The Morgan fingerprint density at radius 1 is 1.44 bits per heavy atom. The Balaban J connectivity index is 2.14. The van der Waals surface area contributed by atoms with Crippen LogP contribution < -0.4 is 5.32 Å². The maximum atomic E-state index is 5.86. The van der Waals surface area contributed by atoms with Gasteiger partial charge in [-0.05, 0) is 30.7 Å². The molecular formula is C13H15BrClN3. The second-order valence-corrected chi connectivity index (χ2v) is 5.35. The number of rotatable bonds is 5. The summed E-state index contributed by atoms with van der Waals surface area (Å²) in [5.41, 5.74) is 2.23. The summed E-state index contributed by atoms with van der Waals surface area (Å²) in [5, 5.41) is 8.20. The molecule has 0 saturated carbocycles. The van der Waals surface area contributed by atoms with Gasteiger partial charge in [-0.25, -0.2) is 4.68 Å². The van der Waals surface area contributed by atoms with Crippen LogP contribution in [0.15, 0.2) is 35.1 Å². The standard InChI is InChI=1S/C13H15BrClN3/c1-2-5-16-7-10-3-4-12(6-13(10)14)18-9-11(15)8-17-18/h3-4,6,8-9,16H,2,5,7H2,1H3. The zero-order chi connectivity index (χ0) is 13.0. The van der Waals surface area contributed by atoms with E-state index in [1.54, 1.807) is 17.1 Å². The van der Waals surface area contributed by atoms with Crippen molar-refractivity contribution in [1.82, 2.24) is 15.1 Å². The second-order valence-electron chi connectivity index (χ2n) is 4.06. The number of hydrogen-bond donors (Lipinski definition) is 1. The van der Waals surface area contributed by atoms with Gasteiger partial charge >= 0.3 is 0 Å². The lowest BCUT2D eigenvalue weighted by Gasteiger charge is -2.08. The van der Waals surface area contributed by atoms with Crippen LogP contribution in [0.1, 0.15) is 18.9 Å². The smallest absolute Gasteiger partial charge is 0.0790 e. The van der Waals surface area contributed by atoms with Crippen LogP contribution in [0.2, 0.25) is 5.02 Å². The fourth-order valence-electron chi connectivity index (χ4n) is 1.66. The van der Waals surface area contributed by atoms with E-state index in [9.17, 15) is 0 Å². The van der Waals surface area contributed by atoms with Gasteiger partial charge in [0.15, 0.2) is 0 Å². The Morgan fingerprint density at radius 2 is 2.28 bits per heavy atom. The summed E-state index contributed by atoms with van der Waals surface area (Å²) in [4.78, 5) is 0. The van der Waals surface area contributed by atoms with Crippen molar-refractivity contribution in [3.63, 3.8) is 0 Å². The molecule has 0 bridgehead atoms. The van der Waals surface area contributed by atoms with Crippen molar-refractivity contribution < 1.29 is 0 Å². The summed E-state index contributed by atoms with van der Waals surface area (Å²) < 4.78 is 2.84.